The molecule has 43 heavy (non-hydrogen) atoms. The van der Waals surface area contributed by atoms with E-state index in [0.29, 0.717) is 35.6 Å². The van der Waals surface area contributed by atoms with Crippen LogP contribution in [0.3, 0.4) is 0 Å². The zero-order valence-corrected chi connectivity index (χ0v) is 24.2. The molecule has 3 N–H and O–H groups in total. The Morgan fingerprint density at radius 2 is 1.44 bits per heavy atom. The fraction of sp³-hybridized carbons (Fsp3) is 0.206. The minimum absolute atomic E-state index is 0.212. The van der Waals surface area contributed by atoms with Gasteiger partial charge in [-0.3, -0.25) is 4.79 Å². The number of nitriles is 1. The minimum Gasteiger partial charge on any atom is -0.495 e. The van der Waals surface area contributed by atoms with Crippen molar-refractivity contribution in [2.75, 3.05) is 53.7 Å². The van der Waals surface area contributed by atoms with Gasteiger partial charge in [0.05, 0.1) is 36.0 Å². The SMILES string of the molecule is COc1ccccc1N1CCN(c2ccc(NC(=O)Nc3cccc(C#N)c3)cc2C(=O)N[C@@H](C)c2ccccc2)CC1. The molecule has 0 aromatic heterocycles. The lowest BCUT2D eigenvalue weighted by Crippen LogP contribution is -2.47. The second-order valence-electron chi connectivity index (χ2n) is 10.3. The zero-order valence-electron chi connectivity index (χ0n) is 24.2. The van der Waals surface area contributed by atoms with Crippen LogP contribution in [0.4, 0.5) is 27.5 Å². The Morgan fingerprint density at radius 3 is 2.14 bits per heavy atom. The predicted octanol–water partition coefficient (Wildman–Crippen LogP) is 6.03. The molecule has 1 atom stereocenters. The van der Waals surface area contributed by atoms with Gasteiger partial charge >= 0.3 is 6.03 Å². The van der Waals surface area contributed by atoms with Crippen LogP contribution >= 0.6 is 0 Å². The van der Waals surface area contributed by atoms with Crippen LogP contribution in [0, 0.1) is 11.3 Å². The van der Waals surface area contributed by atoms with Crippen molar-refractivity contribution in [3.8, 4) is 11.8 Å². The zero-order chi connectivity index (χ0) is 30.2. The number of nitrogens with zero attached hydrogens (tertiary/aromatic N) is 3. The first-order chi connectivity index (χ1) is 20.9. The van der Waals surface area contributed by atoms with Crippen molar-refractivity contribution < 1.29 is 14.3 Å². The molecule has 1 fully saturated rings. The number of carbonyl (C=O) groups excluding carboxylic acids is 2. The molecule has 218 valence electrons. The Kier molecular flexibility index (Phi) is 9.08. The fourth-order valence-electron chi connectivity index (χ4n) is 5.21. The molecule has 1 aliphatic rings. The number of urea groups is 1. The standard InChI is InChI=1S/C34H34N6O3/c1-24(26-10-4-3-5-11-26)36-33(41)29-22-28(38-34(42)37-27-12-8-9-25(21-27)23-35)15-16-30(29)39-17-19-40(20-18-39)31-13-6-7-14-32(31)43-2/h3-16,21-22,24H,17-20H2,1-2H3,(H,36,41)(H2,37,38,42)/t24-/m0/s1. The van der Waals surface area contributed by atoms with E-state index in [1.807, 2.05) is 61.5 Å². The molecule has 0 spiro atoms. The minimum atomic E-state index is -0.475. The Balaban J connectivity index is 1.36. The van der Waals surface area contributed by atoms with Gasteiger partial charge in [0.25, 0.3) is 5.91 Å². The normalized spacial score (nSPS) is 13.4. The Labute approximate surface area is 251 Å². The number of benzene rings is 4. The summed E-state index contributed by atoms with van der Waals surface area (Å²) in [6.07, 6.45) is 0. The lowest BCUT2D eigenvalue weighted by Gasteiger charge is -2.38. The number of amides is 3. The third kappa shape index (κ3) is 7.05. The second kappa shape index (κ2) is 13.4. The van der Waals surface area contributed by atoms with Crippen LogP contribution in [-0.2, 0) is 0 Å². The van der Waals surface area contributed by atoms with Crippen LogP contribution in [0.1, 0.15) is 34.5 Å². The lowest BCUT2D eigenvalue weighted by atomic mass is 10.1. The fourth-order valence-corrected chi connectivity index (χ4v) is 5.21. The molecule has 9 nitrogen and oxygen atoms in total. The van der Waals surface area contributed by atoms with E-state index in [4.69, 9.17) is 10.00 Å². The largest absolute Gasteiger partial charge is 0.495 e. The number of rotatable bonds is 8. The van der Waals surface area contributed by atoms with E-state index < -0.39 is 6.03 Å². The van der Waals surface area contributed by atoms with Gasteiger partial charge in [-0.05, 0) is 61.0 Å². The summed E-state index contributed by atoms with van der Waals surface area (Å²) in [6, 6.07) is 31.2. The molecule has 0 unspecified atom stereocenters. The highest BCUT2D eigenvalue weighted by atomic mass is 16.5. The molecule has 4 aromatic carbocycles. The predicted molar refractivity (Wildman–Crippen MR) is 170 cm³/mol. The topological polar surface area (TPSA) is 110 Å². The smallest absolute Gasteiger partial charge is 0.323 e. The van der Waals surface area contributed by atoms with E-state index >= 15 is 0 Å². The van der Waals surface area contributed by atoms with E-state index in [-0.39, 0.29) is 11.9 Å². The van der Waals surface area contributed by atoms with Crippen molar-refractivity contribution in [2.45, 2.75) is 13.0 Å². The molecule has 0 bridgehead atoms. The molecule has 5 rings (SSSR count). The summed E-state index contributed by atoms with van der Waals surface area (Å²) in [5, 5.41) is 17.8. The number of piperazine rings is 1. The van der Waals surface area contributed by atoms with Gasteiger partial charge < -0.3 is 30.5 Å². The Hall–Kier alpha value is -5.49. The molecular formula is C34H34N6O3. The van der Waals surface area contributed by atoms with Gasteiger partial charge in [0.2, 0.25) is 0 Å². The number of ether oxygens (including phenoxy) is 1. The van der Waals surface area contributed by atoms with E-state index in [9.17, 15) is 9.59 Å². The van der Waals surface area contributed by atoms with E-state index in [1.165, 1.54) is 0 Å². The van der Waals surface area contributed by atoms with Crippen molar-refractivity contribution >= 4 is 34.7 Å². The van der Waals surface area contributed by atoms with Crippen LogP contribution in [0.5, 0.6) is 5.75 Å². The maximum Gasteiger partial charge on any atom is 0.323 e. The Morgan fingerprint density at radius 1 is 0.791 bits per heavy atom. The third-order valence-electron chi connectivity index (χ3n) is 7.44. The average molecular weight is 575 g/mol. The molecule has 1 heterocycles. The number of hydrogen-bond acceptors (Lipinski definition) is 6. The van der Waals surface area contributed by atoms with Gasteiger partial charge in [-0.1, -0.05) is 48.5 Å². The number of anilines is 4. The summed E-state index contributed by atoms with van der Waals surface area (Å²) in [4.78, 5) is 31.0. The molecular weight excluding hydrogens is 540 g/mol. The summed E-state index contributed by atoms with van der Waals surface area (Å²) in [7, 11) is 1.68. The maximum atomic E-state index is 13.7. The number of para-hydroxylation sites is 2. The van der Waals surface area contributed by atoms with Gasteiger partial charge in [0.15, 0.2) is 0 Å². The number of carbonyl (C=O) groups is 2. The van der Waals surface area contributed by atoms with Crippen molar-refractivity contribution in [1.29, 1.82) is 5.26 Å². The van der Waals surface area contributed by atoms with E-state index in [0.717, 1.165) is 35.8 Å². The molecule has 0 radical (unpaired) electrons. The van der Waals surface area contributed by atoms with Gasteiger partial charge in [0.1, 0.15) is 5.75 Å². The number of hydrogen-bond donors (Lipinski definition) is 3. The maximum absolute atomic E-state index is 13.7. The van der Waals surface area contributed by atoms with E-state index in [1.54, 1.807) is 43.5 Å². The Bertz CT molecular complexity index is 1630. The lowest BCUT2D eigenvalue weighted by molar-refractivity contribution is 0.0940. The summed E-state index contributed by atoms with van der Waals surface area (Å²) >= 11 is 0. The summed E-state index contributed by atoms with van der Waals surface area (Å²) in [5.74, 6) is 0.600. The molecule has 4 aromatic rings. The average Bonchev–Trinajstić information content (AvgIpc) is 3.05. The molecule has 0 saturated carbocycles. The first-order valence-corrected chi connectivity index (χ1v) is 14.2. The number of nitrogens with one attached hydrogen (secondary N) is 3. The van der Waals surface area contributed by atoms with Crippen molar-refractivity contribution in [1.82, 2.24) is 5.32 Å². The number of methoxy groups -OCH3 is 1. The quantitative estimate of drug-likeness (QED) is 0.237. The van der Waals surface area contributed by atoms with Crippen LogP contribution in [0.15, 0.2) is 97.1 Å². The molecule has 1 saturated heterocycles. The van der Waals surface area contributed by atoms with Crippen LogP contribution in [0.25, 0.3) is 0 Å². The summed E-state index contributed by atoms with van der Waals surface area (Å²) in [5.41, 5.74) is 4.72. The summed E-state index contributed by atoms with van der Waals surface area (Å²) < 4.78 is 5.57. The second-order valence-corrected chi connectivity index (χ2v) is 10.3. The van der Waals surface area contributed by atoms with Gasteiger partial charge in [-0.25, -0.2) is 4.79 Å². The highest BCUT2D eigenvalue weighted by molar-refractivity contribution is 6.04. The highest BCUT2D eigenvalue weighted by Gasteiger charge is 2.24. The van der Waals surface area contributed by atoms with Crippen molar-refractivity contribution in [2.24, 2.45) is 0 Å². The van der Waals surface area contributed by atoms with Crippen molar-refractivity contribution in [3.63, 3.8) is 0 Å². The monoisotopic (exact) mass is 574 g/mol. The molecule has 1 aliphatic heterocycles. The molecule has 0 aliphatic carbocycles. The van der Waals surface area contributed by atoms with Gasteiger partial charge in [-0.15, -0.1) is 0 Å². The molecule has 9 heteroatoms. The van der Waals surface area contributed by atoms with Gasteiger partial charge in [-0.2, -0.15) is 5.26 Å². The van der Waals surface area contributed by atoms with Crippen LogP contribution < -0.4 is 30.5 Å². The van der Waals surface area contributed by atoms with Crippen LogP contribution in [0.2, 0.25) is 0 Å². The first kappa shape index (κ1) is 29.0. The van der Waals surface area contributed by atoms with E-state index in [2.05, 4.69) is 37.9 Å². The third-order valence-corrected chi connectivity index (χ3v) is 7.44. The van der Waals surface area contributed by atoms with Crippen molar-refractivity contribution in [3.05, 3.63) is 114 Å². The molecule has 3 amide bonds. The van der Waals surface area contributed by atoms with Gasteiger partial charge in [0, 0.05) is 43.2 Å². The summed E-state index contributed by atoms with van der Waals surface area (Å²) in [6.45, 7) is 4.87. The van der Waals surface area contributed by atoms with Crippen LogP contribution in [-0.4, -0.2) is 45.2 Å². The first-order valence-electron chi connectivity index (χ1n) is 14.2. The highest BCUT2D eigenvalue weighted by Crippen LogP contribution is 2.31.